The van der Waals surface area contributed by atoms with E-state index in [-0.39, 0.29) is 0 Å². The number of hydrogen-bond acceptors (Lipinski definition) is 8. The monoisotopic (exact) mass is 438 g/mol. The molecule has 0 unspecified atom stereocenters. The fourth-order valence-electron chi connectivity index (χ4n) is 3.47. The number of nitrogens with one attached hydrogen (secondary N) is 1. The summed E-state index contributed by atoms with van der Waals surface area (Å²) in [6.07, 6.45) is 2.31. The Labute approximate surface area is 188 Å². The van der Waals surface area contributed by atoms with Crippen molar-refractivity contribution in [3.63, 3.8) is 0 Å². The van der Waals surface area contributed by atoms with E-state index in [9.17, 15) is 0 Å². The van der Waals surface area contributed by atoms with Crippen molar-refractivity contribution in [3.8, 4) is 23.0 Å². The van der Waals surface area contributed by atoms with Gasteiger partial charge in [0.25, 0.3) is 0 Å². The van der Waals surface area contributed by atoms with Crippen molar-refractivity contribution >= 4 is 17.5 Å². The number of ether oxygens (including phenoxy) is 4. The van der Waals surface area contributed by atoms with Crippen LogP contribution >= 0.6 is 0 Å². The van der Waals surface area contributed by atoms with Crippen LogP contribution in [-0.2, 0) is 6.42 Å². The second kappa shape index (κ2) is 10.1. The van der Waals surface area contributed by atoms with Crippen LogP contribution in [0.1, 0.15) is 36.5 Å². The van der Waals surface area contributed by atoms with Crippen LogP contribution < -0.4 is 30.0 Å². The number of anilines is 3. The molecule has 8 nitrogen and oxygen atoms in total. The summed E-state index contributed by atoms with van der Waals surface area (Å²) in [5.74, 6) is 3.77. The molecule has 1 aromatic heterocycles. The maximum Gasteiger partial charge on any atom is 0.229 e. The first-order valence-electron chi connectivity index (χ1n) is 10.2. The van der Waals surface area contributed by atoms with Crippen LogP contribution in [0.4, 0.5) is 17.5 Å². The van der Waals surface area contributed by atoms with Crippen LogP contribution in [-0.4, -0.2) is 38.4 Å². The lowest BCUT2D eigenvalue weighted by atomic mass is 9.92. The number of methoxy groups -OCH3 is 4. The first kappa shape index (κ1) is 23.0. The van der Waals surface area contributed by atoms with Gasteiger partial charge in [0, 0.05) is 24.2 Å². The lowest BCUT2D eigenvalue weighted by Gasteiger charge is -2.18. The molecule has 3 N–H and O–H groups in total. The largest absolute Gasteiger partial charge is 0.497 e. The van der Waals surface area contributed by atoms with Crippen LogP contribution in [0.5, 0.6) is 23.0 Å². The maximum absolute atomic E-state index is 6.29. The molecule has 170 valence electrons. The molecule has 3 aromatic rings. The normalized spacial score (nSPS) is 10.7. The van der Waals surface area contributed by atoms with Gasteiger partial charge >= 0.3 is 0 Å². The average Bonchev–Trinajstić information content (AvgIpc) is 2.80. The van der Waals surface area contributed by atoms with Gasteiger partial charge in [0.15, 0.2) is 11.5 Å². The Morgan fingerprint density at radius 1 is 0.875 bits per heavy atom. The van der Waals surface area contributed by atoms with E-state index in [1.165, 1.54) is 0 Å². The molecule has 0 aliphatic heterocycles. The number of benzene rings is 2. The van der Waals surface area contributed by atoms with Crippen molar-refractivity contribution in [1.29, 1.82) is 0 Å². The molecule has 0 spiro atoms. The summed E-state index contributed by atoms with van der Waals surface area (Å²) in [5, 5.41) is 3.15. The van der Waals surface area contributed by atoms with Gasteiger partial charge in [0.2, 0.25) is 5.95 Å². The van der Waals surface area contributed by atoms with Crippen LogP contribution in [0.3, 0.4) is 0 Å². The Morgan fingerprint density at radius 2 is 1.56 bits per heavy atom. The molecule has 32 heavy (non-hydrogen) atoms. The number of aromatic nitrogens is 2. The zero-order valence-electron chi connectivity index (χ0n) is 19.4. The van der Waals surface area contributed by atoms with Gasteiger partial charge in [-0.2, -0.15) is 4.98 Å². The maximum atomic E-state index is 6.29. The van der Waals surface area contributed by atoms with Crippen LogP contribution in [0, 0.1) is 0 Å². The van der Waals surface area contributed by atoms with Gasteiger partial charge in [0.05, 0.1) is 34.1 Å². The highest BCUT2D eigenvalue weighted by atomic mass is 16.5. The summed E-state index contributed by atoms with van der Waals surface area (Å²) in [6.45, 7) is 4.28. The third-order valence-corrected chi connectivity index (χ3v) is 5.20. The predicted molar refractivity (Wildman–Crippen MR) is 126 cm³/mol. The van der Waals surface area contributed by atoms with Gasteiger partial charge in [-0.25, -0.2) is 4.98 Å². The van der Waals surface area contributed by atoms with E-state index in [2.05, 4.69) is 29.1 Å². The summed E-state index contributed by atoms with van der Waals surface area (Å²) < 4.78 is 21.6. The third-order valence-electron chi connectivity index (χ3n) is 5.20. The van der Waals surface area contributed by atoms with E-state index in [0.717, 1.165) is 16.7 Å². The van der Waals surface area contributed by atoms with Gasteiger partial charge in [-0.1, -0.05) is 13.8 Å². The number of nitrogens with two attached hydrogens (primary N) is 1. The number of nitrogen functional groups attached to an aromatic ring is 1. The minimum Gasteiger partial charge on any atom is -0.497 e. The molecular weight excluding hydrogens is 408 g/mol. The Morgan fingerprint density at radius 3 is 2.16 bits per heavy atom. The van der Waals surface area contributed by atoms with Gasteiger partial charge in [0.1, 0.15) is 17.3 Å². The van der Waals surface area contributed by atoms with E-state index in [4.69, 9.17) is 24.7 Å². The zero-order valence-corrected chi connectivity index (χ0v) is 19.4. The molecule has 0 bridgehead atoms. The van der Waals surface area contributed by atoms with E-state index in [1.807, 2.05) is 24.3 Å². The lowest BCUT2D eigenvalue weighted by Crippen LogP contribution is -2.07. The van der Waals surface area contributed by atoms with Crippen molar-refractivity contribution in [2.45, 2.75) is 26.2 Å². The fraction of sp³-hybridized carbons (Fsp3) is 0.333. The summed E-state index contributed by atoms with van der Waals surface area (Å²) in [5.41, 5.74) is 10.1. The SMILES string of the molecule is COc1ccc(Nc2ncc(Cc3cc(OC)c(OC)cc3C(C)C)c(N)n2)c(OC)c1. The van der Waals surface area contributed by atoms with Gasteiger partial charge in [-0.15, -0.1) is 0 Å². The van der Waals surface area contributed by atoms with Crippen molar-refractivity contribution in [1.82, 2.24) is 9.97 Å². The standard InChI is InChI=1S/C24H30N4O4/c1-14(2)18-12-22(32-6)21(31-5)10-15(18)9-16-13-26-24(28-23(16)25)27-19-8-7-17(29-3)11-20(19)30-4/h7-8,10-14H,9H2,1-6H3,(H3,25,26,27,28). The van der Waals surface area contributed by atoms with Gasteiger partial charge in [-0.3, -0.25) is 0 Å². The van der Waals surface area contributed by atoms with E-state index in [1.54, 1.807) is 40.7 Å². The minimum absolute atomic E-state index is 0.301. The van der Waals surface area contributed by atoms with E-state index >= 15 is 0 Å². The second-order valence-electron chi connectivity index (χ2n) is 7.53. The Bertz CT molecular complexity index is 1090. The van der Waals surface area contributed by atoms with Gasteiger partial charge in [-0.05, 0) is 41.3 Å². The quantitative estimate of drug-likeness (QED) is 0.502. The zero-order chi connectivity index (χ0) is 23.3. The first-order chi connectivity index (χ1) is 15.4. The highest BCUT2D eigenvalue weighted by Gasteiger charge is 2.16. The molecule has 0 amide bonds. The van der Waals surface area contributed by atoms with Crippen LogP contribution in [0.15, 0.2) is 36.5 Å². The fourth-order valence-corrected chi connectivity index (χ4v) is 3.47. The highest BCUT2D eigenvalue weighted by molar-refractivity contribution is 5.65. The van der Waals surface area contributed by atoms with Crippen molar-refractivity contribution < 1.29 is 18.9 Å². The first-order valence-corrected chi connectivity index (χ1v) is 10.2. The molecule has 0 radical (unpaired) electrons. The lowest BCUT2D eigenvalue weighted by molar-refractivity contribution is 0.354. The van der Waals surface area contributed by atoms with Crippen molar-refractivity contribution in [2.24, 2.45) is 0 Å². The van der Waals surface area contributed by atoms with Crippen LogP contribution in [0.2, 0.25) is 0 Å². The Kier molecular flexibility index (Phi) is 7.25. The molecule has 0 fully saturated rings. The molecule has 0 aliphatic carbocycles. The number of hydrogen-bond donors (Lipinski definition) is 2. The smallest absolute Gasteiger partial charge is 0.229 e. The molecular formula is C24H30N4O4. The van der Waals surface area contributed by atoms with Gasteiger partial charge < -0.3 is 30.0 Å². The minimum atomic E-state index is 0.301. The Balaban J connectivity index is 1.88. The summed E-state index contributed by atoms with van der Waals surface area (Å²) >= 11 is 0. The molecule has 0 aliphatic rings. The van der Waals surface area contributed by atoms with Crippen molar-refractivity contribution in [2.75, 3.05) is 39.5 Å². The third kappa shape index (κ3) is 4.96. The molecule has 0 atom stereocenters. The highest BCUT2D eigenvalue weighted by Crippen LogP contribution is 2.35. The number of rotatable bonds is 9. The van der Waals surface area contributed by atoms with E-state index < -0.39 is 0 Å². The average molecular weight is 439 g/mol. The van der Waals surface area contributed by atoms with Crippen molar-refractivity contribution in [3.05, 3.63) is 53.2 Å². The molecule has 0 saturated heterocycles. The molecule has 3 rings (SSSR count). The predicted octanol–water partition coefficient (Wildman–Crippen LogP) is 4.55. The summed E-state index contributed by atoms with van der Waals surface area (Å²) in [6, 6.07) is 9.45. The summed E-state index contributed by atoms with van der Waals surface area (Å²) in [4.78, 5) is 8.90. The van der Waals surface area contributed by atoms with Crippen LogP contribution in [0.25, 0.3) is 0 Å². The molecule has 1 heterocycles. The van der Waals surface area contributed by atoms with E-state index in [0.29, 0.717) is 52.8 Å². The topological polar surface area (TPSA) is 101 Å². The summed E-state index contributed by atoms with van der Waals surface area (Å²) in [7, 11) is 6.46. The Hall–Kier alpha value is -3.68. The second-order valence-corrected chi connectivity index (χ2v) is 7.53. The molecule has 8 heteroatoms. The molecule has 2 aromatic carbocycles. The molecule has 0 saturated carbocycles. The number of nitrogens with zero attached hydrogens (tertiary/aromatic N) is 2.